The Morgan fingerprint density at radius 2 is 1.89 bits per heavy atom. The molecule has 0 amide bonds. The number of benzene rings is 1. The summed E-state index contributed by atoms with van der Waals surface area (Å²) in [5, 5.41) is 3.44. The number of rotatable bonds is 1. The van der Waals surface area contributed by atoms with Gasteiger partial charge in [-0.3, -0.25) is 4.40 Å². The molecule has 0 N–H and O–H groups in total. The maximum atomic E-state index is 4.67. The molecule has 0 saturated carbocycles. The van der Waals surface area contributed by atoms with Crippen LogP contribution in [0.25, 0.3) is 27.0 Å². The summed E-state index contributed by atoms with van der Waals surface area (Å²) in [5.74, 6) is 0.986. The van der Waals surface area contributed by atoms with Gasteiger partial charge in [0.1, 0.15) is 10.4 Å². The number of hydrogen-bond acceptors (Lipinski definition) is 2. The summed E-state index contributed by atoms with van der Waals surface area (Å²) in [4.78, 5) is 4.67. The quantitative estimate of drug-likeness (QED) is 0.481. The molecule has 4 heteroatoms. The zero-order chi connectivity index (χ0) is 12.8. The number of aromatic nitrogens is 2. The molecule has 4 aromatic rings. The molecule has 0 aliphatic carbocycles. The van der Waals surface area contributed by atoms with Gasteiger partial charge in [-0.05, 0) is 34.1 Å². The van der Waals surface area contributed by atoms with E-state index in [-0.39, 0.29) is 0 Å². The highest BCUT2D eigenvalue weighted by molar-refractivity contribution is 9.10. The molecule has 4 rings (SSSR count). The van der Waals surface area contributed by atoms with Crippen LogP contribution in [0.5, 0.6) is 0 Å². The van der Waals surface area contributed by atoms with Crippen LogP contribution in [0.1, 0.15) is 0 Å². The summed E-state index contributed by atoms with van der Waals surface area (Å²) < 4.78 is 4.30. The predicted molar refractivity (Wildman–Crippen MR) is 83.7 cm³/mol. The smallest absolute Gasteiger partial charge is 0.147 e. The van der Waals surface area contributed by atoms with Crippen LogP contribution in [0.2, 0.25) is 0 Å². The number of nitrogens with zero attached hydrogens (tertiary/aromatic N) is 2. The number of hydrogen-bond donors (Lipinski definition) is 0. The maximum absolute atomic E-state index is 4.67. The molecule has 3 aromatic heterocycles. The van der Waals surface area contributed by atoms with Crippen molar-refractivity contribution in [3.63, 3.8) is 0 Å². The zero-order valence-corrected chi connectivity index (χ0v) is 12.3. The van der Waals surface area contributed by atoms with Crippen LogP contribution in [-0.2, 0) is 0 Å². The van der Waals surface area contributed by atoms with Gasteiger partial charge >= 0.3 is 0 Å². The van der Waals surface area contributed by atoms with Crippen LogP contribution in [0.4, 0.5) is 0 Å². The Labute approximate surface area is 122 Å². The molecule has 0 aliphatic heterocycles. The highest BCUT2D eigenvalue weighted by Crippen LogP contribution is 2.35. The van der Waals surface area contributed by atoms with Crippen LogP contribution >= 0.6 is 27.3 Å². The molecule has 2 nitrogen and oxygen atoms in total. The summed E-state index contributed by atoms with van der Waals surface area (Å²) in [6, 6.07) is 14.6. The summed E-state index contributed by atoms with van der Waals surface area (Å²) >= 11 is 5.30. The Morgan fingerprint density at radius 1 is 1.05 bits per heavy atom. The van der Waals surface area contributed by atoms with Gasteiger partial charge in [0.2, 0.25) is 0 Å². The molecular weight excluding hydrogens is 320 g/mol. The minimum Gasteiger partial charge on any atom is -0.299 e. The van der Waals surface area contributed by atoms with Crippen LogP contribution in [0.15, 0.2) is 58.6 Å². The number of thiophene rings is 1. The van der Waals surface area contributed by atoms with E-state index in [2.05, 4.69) is 67.2 Å². The number of halogens is 1. The van der Waals surface area contributed by atoms with E-state index in [1.165, 1.54) is 15.6 Å². The molecule has 0 atom stereocenters. The van der Waals surface area contributed by atoms with Crippen molar-refractivity contribution in [3.8, 4) is 11.4 Å². The first-order chi connectivity index (χ1) is 9.34. The molecule has 1 aromatic carbocycles. The largest absolute Gasteiger partial charge is 0.299 e. The van der Waals surface area contributed by atoms with Crippen LogP contribution in [-0.4, -0.2) is 9.38 Å². The van der Waals surface area contributed by atoms with Gasteiger partial charge in [-0.15, -0.1) is 11.3 Å². The van der Waals surface area contributed by atoms with Crippen LogP contribution in [0.3, 0.4) is 0 Å². The second-order valence-electron chi connectivity index (χ2n) is 4.33. The lowest BCUT2D eigenvalue weighted by molar-refractivity contribution is 1.17. The second-order valence-corrected chi connectivity index (χ2v) is 5.99. The normalized spacial score (nSPS) is 11.4. The van der Waals surface area contributed by atoms with E-state index in [1.54, 1.807) is 11.3 Å². The highest BCUT2D eigenvalue weighted by Gasteiger charge is 2.13. The molecule has 3 heterocycles. The molecule has 0 saturated heterocycles. The summed E-state index contributed by atoms with van der Waals surface area (Å²) in [7, 11) is 0. The summed E-state index contributed by atoms with van der Waals surface area (Å²) in [6.45, 7) is 0. The average molecular weight is 329 g/mol. The monoisotopic (exact) mass is 328 g/mol. The molecule has 92 valence electrons. The highest BCUT2D eigenvalue weighted by atomic mass is 79.9. The molecule has 0 fully saturated rings. The zero-order valence-electron chi connectivity index (χ0n) is 9.88. The Morgan fingerprint density at radius 3 is 2.84 bits per heavy atom. The van der Waals surface area contributed by atoms with E-state index < -0.39 is 0 Å². The topological polar surface area (TPSA) is 17.3 Å². The van der Waals surface area contributed by atoms with Crippen molar-refractivity contribution in [1.29, 1.82) is 0 Å². The Balaban J connectivity index is 2.10. The molecule has 19 heavy (non-hydrogen) atoms. The van der Waals surface area contributed by atoms with Gasteiger partial charge in [0.15, 0.2) is 0 Å². The minimum atomic E-state index is 0.887. The van der Waals surface area contributed by atoms with Crippen molar-refractivity contribution in [3.05, 3.63) is 58.6 Å². The molecule has 0 unspecified atom stereocenters. The molecule has 0 aliphatic rings. The first-order valence-corrected chi connectivity index (χ1v) is 7.61. The van der Waals surface area contributed by atoms with Crippen molar-refractivity contribution < 1.29 is 0 Å². The standard InChI is InChI=1S/C15H9BrN2S/c16-14-12-6-3-4-8-18(12)15(17-14)11-9-19-13-7-2-1-5-10(11)13/h1-9H. The Bertz CT molecular complexity index is 891. The first-order valence-electron chi connectivity index (χ1n) is 5.94. The van der Waals surface area contributed by atoms with E-state index in [4.69, 9.17) is 0 Å². The third-order valence-corrected chi connectivity index (χ3v) is 4.77. The van der Waals surface area contributed by atoms with E-state index in [9.17, 15) is 0 Å². The third kappa shape index (κ3) is 1.64. The van der Waals surface area contributed by atoms with Crippen molar-refractivity contribution in [2.45, 2.75) is 0 Å². The van der Waals surface area contributed by atoms with Gasteiger partial charge in [-0.25, -0.2) is 4.98 Å². The van der Waals surface area contributed by atoms with E-state index in [0.717, 1.165) is 15.9 Å². The first kappa shape index (κ1) is 11.2. The Kier molecular flexibility index (Phi) is 2.47. The van der Waals surface area contributed by atoms with E-state index in [0.29, 0.717) is 0 Å². The fourth-order valence-electron chi connectivity index (χ4n) is 2.34. The molecular formula is C15H9BrN2S. The third-order valence-electron chi connectivity index (χ3n) is 3.23. The minimum absolute atomic E-state index is 0.887. The Hall–Kier alpha value is -1.65. The molecule has 0 bridgehead atoms. The number of fused-ring (bicyclic) bond motifs is 2. The lowest BCUT2D eigenvalue weighted by Gasteiger charge is -1.99. The van der Waals surface area contributed by atoms with Crippen molar-refractivity contribution in [1.82, 2.24) is 9.38 Å². The lowest BCUT2D eigenvalue weighted by atomic mass is 10.2. The van der Waals surface area contributed by atoms with Crippen molar-refractivity contribution in [2.75, 3.05) is 0 Å². The van der Waals surface area contributed by atoms with Crippen LogP contribution < -0.4 is 0 Å². The maximum Gasteiger partial charge on any atom is 0.147 e. The van der Waals surface area contributed by atoms with Gasteiger partial charge < -0.3 is 0 Å². The van der Waals surface area contributed by atoms with Gasteiger partial charge in [0, 0.05) is 27.2 Å². The van der Waals surface area contributed by atoms with Gasteiger partial charge in [0.25, 0.3) is 0 Å². The summed E-state index contributed by atoms with van der Waals surface area (Å²) in [6.07, 6.45) is 2.05. The number of imidazole rings is 1. The SMILES string of the molecule is Brc1nc(-c2csc3ccccc23)n2ccccc12. The van der Waals surface area contributed by atoms with E-state index in [1.807, 2.05) is 12.1 Å². The molecule has 0 radical (unpaired) electrons. The van der Waals surface area contributed by atoms with Crippen molar-refractivity contribution in [2.24, 2.45) is 0 Å². The lowest BCUT2D eigenvalue weighted by Crippen LogP contribution is -1.87. The number of pyridine rings is 1. The van der Waals surface area contributed by atoms with Gasteiger partial charge in [-0.1, -0.05) is 24.3 Å². The predicted octanol–water partition coefficient (Wildman–Crippen LogP) is 4.98. The van der Waals surface area contributed by atoms with Crippen LogP contribution in [0, 0.1) is 0 Å². The van der Waals surface area contributed by atoms with E-state index >= 15 is 0 Å². The fourth-order valence-corrected chi connectivity index (χ4v) is 3.77. The summed E-state index contributed by atoms with van der Waals surface area (Å²) in [5.41, 5.74) is 2.28. The van der Waals surface area contributed by atoms with Gasteiger partial charge in [0.05, 0.1) is 5.52 Å². The molecule has 0 spiro atoms. The fraction of sp³-hybridized carbons (Fsp3) is 0. The second kappa shape index (κ2) is 4.18. The average Bonchev–Trinajstić information content (AvgIpc) is 3.01. The van der Waals surface area contributed by atoms with Crippen molar-refractivity contribution >= 4 is 42.9 Å². The van der Waals surface area contributed by atoms with Gasteiger partial charge in [-0.2, -0.15) is 0 Å².